The van der Waals surface area contributed by atoms with Gasteiger partial charge >= 0.3 is 0 Å². The minimum Gasteiger partial charge on any atom is -0.489 e. The first-order valence-electron chi connectivity index (χ1n) is 10.7. The van der Waals surface area contributed by atoms with E-state index >= 15 is 0 Å². The maximum Gasteiger partial charge on any atom is 0.278 e. The number of anilines is 2. The Balaban J connectivity index is 1.47. The Bertz CT molecular complexity index is 1290. The minimum absolute atomic E-state index is 0.140. The van der Waals surface area contributed by atoms with E-state index in [0.29, 0.717) is 40.9 Å². The number of ether oxygens (including phenoxy) is 1. The molecule has 3 aromatic carbocycles. The van der Waals surface area contributed by atoms with Crippen molar-refractivity contribution in [3.63, 3.8) is 0 Å². The number of carbonyl (C=O) groups is 2. The van der Waals surface area contributed by atoms with Gasteiger partial charge in [-0.15, -0.1) is 0 Å². The normalized spacial score (nSPS) is 10.5. The van der Waals surface area contributed by atoms with Crippen molar-refractivity contribution in [1.82, 2.24) is 9.78 Å². The Hall–Kier alpha value is -4.10. The summed E-state index contributed by atoms with van der Waals surface area (Å²) in [5, 5.41) is 10.6. The highest BCUT2D eigenvalue weighted by atomic mass is 35.5. The van der Waals surface area contributed by atoms with E-state index in [-0.39, 0.29) is 11.6 Å². The summed E-state index contributed by atoms with van der Waals surface area (Å²) >= 11 is 5.90. The largest absolute Gasteiger partial charge is 0.489 e. The van der Waals surface area contributed by atoms with Gasteiger partial charge < -0.3 is 15.4 Å². The second-order valence-electron chi connectivity index (χ2n) is 7.46. The van der Waals surface area contributed by atoms with Crippen LogP contribution in [0.2, 0.25) is 5.02 Å². The fraction of sp³-hybridized carbons (Fsp3) is 0.115. The summed E-state index contributed by atoms with van der Waals surface area (Å²) < 4.78 is 7.37. The number of aryl methyl sites for hydroxylation is 1. The van der Waals surface area contributed by atoms with Crippen LogP contribution in [0.5, 0.6) is 5.75 Å². The number of carbonyl (C=O) groups excluding carboxylic acids is 2. The molecule has 7 nitrogen and oxygen atoms in total. The van der Waals surface area contributed by atoms with Gasteiger partial charge in [0.1, 0.15) is 12.4 Å². The predicted molar refractivity (Wildman–Crippen MR) is 132 cm³/mol. The molecule has 0 fully saturated rings. The van der Waals surface area contributed by atoms with Gasteiger partial charge in [0.25, 0.3) is 11.8 Å². The second kappa shape index (κ2) is 10.7. The Kier molecular flexibility index (Phi) is 7.25. The van der Waals surface area contributed by atoms with Crippen LogP contribution in [0.25, 0.3) is 0 Å². The Morgan fingerprint density at radius 1 is 0.941 bits per heavy atom. The first kappa shape index (κ1) is 23.1. The number of rotatable bonds is 8. The van der Waals surface area contributed by atoms with Crippen molar-refractivity contribution in [1.29, 1.82) is 0 Å². The number of amides is 2. The number of hydrogen-bond acceptors (Lipinski definition) is 4. The van der Waals surface area contributed by atoms with Crippen LogP contribution in [0, 0.1) is 0 Å². The summed E-state index contributed by atoms with van der Waals surface area (Å²) in [5.74, 6) is -0.0723. The Morgan fingerprint density at radius 3 is 2.44 bits per heavy atom. The van der Waals surface area contributed by atoms with Gasteiger partial charge in [0.15, 0.2) is 5.69 Å². The smallest absolute Gasteiger partial charge is 0.278 e. The third-order valence-electron chi connectivity index (χ3n) is 4.99. The van der Waals surface area contributed by atoms with Gasteiger partial charge in [-0.3, -0.25) is 14.3 Å². The topological polar surface area (TPSA) is 85.2 Å². The van der Waals surface area contributed by atoms with E-state index in [1.165, 1.54) is 0 Å². The zero-order chi connectivity index (χ0) is 23.9. The van der Waals surface area contributed by atoms with Gasteiger partial charge in [0, 0.05) is 29.0 Å². The zero-order valence-corrected chi connectivity index (χ0v) is 19.3. The van der Waals surface area contributed by atoms with Crippen LogP contribution in [-0.2, 0) is 13.2 Å². The number of benzene rings is 3. The fourth-order valence-electron chi connectivity index (χ4n) is 3.25. The summed E-state index contributed by atoms with van der Waals surface area (Å²) in [6.07, 6.45) is 1.64. The molecule has 0 saturated heterocycles. The standard InChI is InChI=1S/C26H23ClN4O3/c1-2-31-16-23(24(30-31)26(33)28-21-9-4-3-5-10-21)29-25(32)19-8-6-7-18(15-19)17-34-22-13-11-20(27)12-14-22/h3-16H,2,17H2,1H3,(H,28,33)(H,29,32). The number of nitrogens with one attached hydrogen (secondary N) is 2. The molecule has 0 unspecified atom stereocenters. The lowest BCUT2D eigenvalue weighted by Gasteiger charge is -2.09. The molecule has 2 N–H and O–H groups in total. The number of hydrogen-bond donors (Lipinski definition) is 2. The lowest BCUT2D eigenvalue weighted by atomic mass is 10.1. The van der Waals surface area contributed by atoms with Crippen molar-refractivity contribution < 1.29 is 14.3 Å². The highest BCUT2D eigenvalue weighted by Crippen LogP contribution is 2.20. The third kappa shape index (κ3) is 5.82. The lowest BCUT2D eigenvalue weighted by Crippen LogP contribution is -2.18. The molecule has 4 rings (SSSR count). The fourth-order valence-corrected chi connectivity index (χ4v) is 3.37. The maximum atomic E-state index is 13.0. The van der Waals surface area contributed by atoms with Crippen LogP contribution in [0.4, 0.5) is 11.4 Å². The van der Waals surface area contributed by atoms with Crippen molar-refractivity contribution in [3.05, 3.63) is 107 Å². The molecule has 0 atom stereocenters. The number of halogens is 1. The average molecular weight is 475 g/mol. The van der Waals surface area contributed by atoms with Crippen molar-refractivity contribution >= 4 is 34.8 Å². The van der Waals surface area contributed by atoms with E-state index in [0.717, 1.165) is 5.56 Å². The monoisotopic (exact) mass is 474 g/mol. The molecule has 0 radical (unpaired) electrons. The first-order valence-corrected chi connectivity index (χ1v) is 11.1. The van der Waals surface area contributed by atoms with E-state index in [9.17, 15) is 9.59 Å². The molecule has 1 heterocycles. The van der Waals surface area contributed by atoms with Gasteiger partial charge in [-0.05, 0) is 61.0 Å². The molecule has 0 aliphatic rings. The molecule has 0 spiro atoms. The molecular weight excluding hydrogens is 452 g/mol. The molecule has 0 bridgehead atoms. The molecule has 0 aliphatic heterocycles. The minimum atomic E-state index is -0.404. The summed E-state index contributed by atoms with van der Waals surface area (Å²) in [6.45, 7) is 2.75. The van der Waals surface area contributed by atoms with Crippen LogP contribution in [0.15, 0.2) is 85.1 Å². The van der Waals surface area contributed by atoms with E-state index in [1.54, 1.807) is 65.5 Å². The van der Waals surface area contributed by atoms with E-state index in [2.05, 4.69) is 15.7 Å². The Morgan fingerprint density at radius 2 is 1.71 bits per heavy atom. The van der Waals surface area contributed by atoms with Crippen LogP contribution in [0.1, 0.15) is 33.3 Å². The molecule has 2 amide bonds. The first-order chi connectivity index (χ1) is 16.5. The summed E-state index contributed by atoms with van der Waals surface area (Å²) in [5.41, 5.74) is 2.39. The maximum absolute atomic E-state index is 13.0. The van der Waals surface area contributed by atoms with Gasteiger partial charge in [-0.25, -0.2) is 0 Å². The third-order valence-corrected chi connectivity index (χ3v) is 5.24. The van der Waals surface area contributed by atoms with E-state index < -0.39 is 5.91 Å². The second-order valence-corrected chi connectivity index (χ2v) is 7.90. The van der Waals surface area contributed by atoms with Gasteiger partial charge in [-0.1, -0.05) is 41.9 Å². The van der Waals surface area contributed by atoms with Gasteiger partial charge in [0.2, 0.25) is 0 Å². The van der Waals surface area contributed by atoms with Crippen LogP contribution in [-0.4, -0.2) is 21.6 Å². The predicted octanol–water partition coefficient (Wildman–Crippen LogP) is 5.64. The summed E-state index contributed by atoms with van der Waals surface area (Å²) in [7, 11) is 0. The summed E-state index contributed by atoms with van der Waals surface area (Å²) in [6, 6.07) is 23.3. The van der Waals surface area contributed by atoms with Gasteiger partial charge in [-0.2, -0.15) is 5.10 Å². The molecule has 0 saturated carbocycles. The summed E-state index contributed by atoms with van der Waals surface area (Å²) in [4.78, 5) is 25.8. The van der Waals surface area contributed by atoms with Crippen LogP contribution < -0.4 is 15.4 Å². The van der Waals surface area contributed by atoms with Crippen LogP contribution >= 0.6 is 11.6 Å². The molecule has 8 heteroatoms. The lowest BCUT2D eigenvalue weighted by molar-refractivity contribution is 0.102. The average Bonchev–Trinajstić information content (AvgIpc) is 3.27. The molecular formula is C26H23ClN4O3. The molecule has 4 aromatic rings. The van der Waals surface area contributed by atoms with E-state index in [1.807, 2.05) is 31.2 Å². The van der Waals surface area contributed by atoms with Crippen molar-refractivity contribution in [3.8, 4) is 5.75 Å². The van der Waals surface area contributed by atoms with Crippen molar-refractivity contribution in [2.75, 3.05) is 10.6 Å². The highest BCUT2D eigenvalue weighted by molar-refractivity contribution is 6.30. The van der Waals surface area contributed by atoms with Crippen molar-refractivity contribution in [2.24, 2.45) is 0 Å². The molecule has 0 aliphatic carbocycles. The molecule has 172 valence electrons. The number of para-hydroxylation sites is 1. The molecule has 34 heavy (non-hydrogen) atoms. The quantitative estimate of drug-likeness (QED) is 0.346. The number of aromatic nitrogens is 2. The number of nitrogens with zero attached hydrogens (tertiary/aromatic N) is 2. The van der Waals surface area contributed by atoms with Crippen molar-refractivity contribution in [2.45, 2.75) is 20.1 Å². The molecule has 1 aromatic heterocycles. The van der Waals surface area contributed by atoms with Crippen LogP contribution in [0.3, 0.4) is 0 Å². The Labute approximate surface area is 202 Å². The zero-order valence-electron chi connectivity index (χ0n) is 18.5. The van der Waals surface area contributed by atoms with Gasteiger partial charge in [0.05, 0.1) is 5.69 Å². The van der Waals surface area contributed by atoms with E-state index in [4.69, 9.17) is 16.3 Å². The SMILES string of the molecule is CCn1cc(NC(=O)c2cccc(COc3ccc(Cl)cc3)c2)c(C(=O)Nc2ccccc2)n1. The highest BCUT2D eigenvalue weighted by Gasteiger charge is 2.19.